The Hall–Kier alpha value is -3.13. The first-order valence-corrected chi connectivity index (χ1v) is 10.4. The lowest BCUT2D eigenvalue weighted by atomic mass is 10.2. The summed E-state index contributed by atoms with van der Waals surface area (Å²) in [7, 11) is 1.81. The number of aryl methyl sites for hydroxylation is 1. The first-order chi connectivity index (χ1) is 14.6. The molecular formula is C22H28N6O2. The van der Waals surface area contributed by atoms with Crippen LogP contribution < -0.4 is 5.32 Å². The zero-order valence-electron chi connectivity index (χ0n) is 17.5. The zero-order valence-corrected chi connectivity index (χ0v) is 17.5. The molecule has 8 heteroatoms. The average molecular weight is 409 g/mol. The molecule has 1 unspecified atom stereocenters. The third-order valence-electron chi connectivity index (χ3n) is 5.63. The zero-order chi connectivity index (χ0) is 20.9. The Balaban J connectivity index is 1.51. The molecule has 158 valence electrons. The number of amides is 2. The molecule has 0 aromatic carbocycles. The van der Waals surface area contributed by atoms with Gasteiger partial charge in [0.05, 0.1) is 6.26 Å². The van der Waals surface area contributed by atoms with E-state index in [0.29, 0.717) is 36.4 Å². The molecule has 0 aliphatic carbocycles. The van der Waals surface area contributed by atoms with Crippen molar-refractivity contribution in [1.29, 1.82) is 0 Å². The maximum absolute atomic E-state index is 13.3. The van der Waals surface area contributed by atoms with E-state index in [1.165, 1.54) is 6.42 Å². The standard InChI is InChI=1S/C22H28N6O2/c1-3-27-12-4-6-18(27)16-28(15-17-8-10-23-11-9-17)22(29)24-21-14-19(25-26(21)2)20-7-5-13-30-20/h5,7-11,13-14,18H,3-4,6,12,15-16H2,1-2H3,(H,24,29). The molecule has 1 aliphatic rings. The van der Waals surface area contributed by atoms with Crippen LogP contribution in [0.2, 0.25) is 0 Å². The summed E-state index contributed by atoms with van der Waals surface area (Å²) in [4.78, 5) is 21.7. The van der Waals surface area contributed by atoms with Gasteiger partial charge < -0.3 is 9.32 Å². The minimum Gasteiger partial charge on any atom is -0.463 e. The SMILES string of the molecule is CCN1CCCC1CN(Cc1ccncc1)C(=O)Nc1cc(-c2ccco2)nn1C. The molecular weight excluding hydrogens is 380 g/mol. The molecule has 1 saturated heterocycles. The third kappa shape index (κ3) is 4.54. The van der Waals surface area contributed by atoms with E-state index in [1.807, 2.05) is 42.3 Å². The van der Waals surface area contributed by atoms with Crippen LogP contribution in [0.25, 0.3) is 11.5 Å². The summed E-state index contributed by atoms with van der Waals surface area (Å²) < 4.78 is 7.08. The van der Waals surface area contributed by atoms with Crippen molar-refractivity contribution in [2.45, 2.75) is 32.4 Å². The molecule has 0 spiro atoms. The summed E-state index contributed by atoms with van der Waals surface area (Å²) >= 11 is 0. The number of rotatable bonds is 7. The second kappa shape index (κ2) is 9.13. The summed E-state index contributed by atoms with van der Waals surface area (Å²) in [5.41, 5.74) is 1.74. The molecule has 30 heavy (non-hydrogen) atoms. The molecule has 1 aliphatic heterocycles. The normalized spacial score (nSPS) is 16.7. The molecule has 2 amide bonds. The van der Waals surface area contributed by atoms with Crippen LogP contribution in [0, 0.1) is 0 Å². The summed E-state index contributed by atoms with van der Waals surface area (Å²) in [6, 6.07) is 9.65. The lowest BCUT2D eigenvalue weighted by molar-refractivity contribution is 0.174. The Morgan fingerprint density at radius 1 is 1.33 bits per heavy atom. The molecule has 0 radical (unpaired) electrons. The monoisotopic (exact) mass is 408 g/mol. The topological polar surface area (TPSA) is 79.4 Å². The van der Waals surface area contributed by atoms with Crippen LogP contribution in [-0.4, -0.2) is 56.3 Å². The molecule has 4 heterocycles. The van der Waals surface area contributed by atoms with Crippen molar-refractivity contribution >= 4 is 11.8 Å². The van der Waals surface area contributed by atoms with Crippen molar-refractivity contribution < 1.29 is 9.21 Å². The first kappa shape index (κ1) is 20.2. The van der Waals surface area contributed by atoms with Crippen LogP contribution in [0.1, 0.15) is 25.3 Å². The number of hydrogen-bond acceptors (Lipinski definition) is 5. The molecule has 1 N–H and O–H groups in total. The van der Waals surface area contributed by atoms with Crippen molar-refractivity contribution in [3.05, 3.63) is 54.6 Å². The number of nitrogens with one attached hydrogen (secondary N) is 1. The van der Waals surface area contributed by atoms with Crippen molar-refractivity contribution in [3.8, 4) is 11.5 Å². The minimum absolute atomic E-state index is 0.135. The van der Waals surface area contributed by atoms with Crippen molar-refractivity contribution in [2.75, 3.05) is 25.0 Å². The molecule has 0 saturated carbocycles. The summed E-state index contributed by atoms with van der Waals surface area (Å²) in [6.45, 7) is 5.50. The number of likely N-dealkylation sites (N-methyl/N-ethyl adjacent to an activating group) is 1. The van der Waals surface area contributed by atoms with Gasteiger partial charge >= 0.3 is 6.03 Å². The number of carbonyl (C=O) groups excluding carboxylic acids is 1. The lowest BCUT2D eigenvalue weighted by Crippen LogP contribution is -2.44. The van der Waals surface area contributed by atoms with Gasteiger partial charge in [-0.15, -0.1) is 0 Å². The number of furan rings is 1. The lowest BCUT2D eigenvalue weighted by Gasteiger charge is -2.30. The van der Waals surface area contributed by atoms with Crippen LogP contribution in [0.3, 0.4) is 0 Å². The van der Waals surface area contributed by atoms with E-state index < -0.39 is 0 Å². The fourth-order valence-electron chi connectivity index (χ4n) is 4.02. The van der Waals surface area contributed by atoms with E-state index in [2.05, 4.69) is 27.2 Å². The van der Waals surface area contributed by atoms with E-state index in [0.717, 1.165) is 25.1 Å². The maximum atomic E-state index is 13.3. The quantitative estimate of drug-likeness (QED) is 0.646. The number of anilines is 1. The number of hydrogen-bond donors (Lipinski definition) is 1. The molecule has 3 aromatic rings. The largest absolute Gasteiger partial charge is 0.463 e. The summed E-state index contributed by atoms with van der Waals surface area (Å²) in [5, 5.41) is 7.48. The maximum Gasteiger partial charge on any atom is 0.323 e. The van der Waals surface area contributed by atoms with E-state index >= 15 is 0 Å². The minimum atomic E-state index is -0.135. The summed E-state index contributed by atoms with van der Waals surface area (Å²) in [5.74, 6) is 1.30. The predicted molar refractivity (Wildman–Crippen MR) is 115 cm³/mol. The Kier molecular flexibility index (Phi) is 6.13. The van der Waals surface area contributed by atoms with E-state index in [9.17, 15) is 4.79 Å². The van der Waals surface area contributed by atoms with Gasteiger partial charge in [0.2, 0.25) is 0 Å². The Morgan fingerprint density at radius 2 is 2.17 bits per heavy atom. The van der Waals surface area contributed by atoms with Crippen molar-refractivity contribution in [3.63, 3.8) is 0 Å². The van der Waals surface area contributed by atoms with Crippen LogP contribution in [-0.2, 0) is 13.6 Å². The number of pyridine rings is 1. The van der Waals surface area contributed by atoms with Gasteiger partial charge in [-0.3, -0.25) is 19.9 Å². The second-order valence-corrected chi connectivity index (χ2v) is 7.61. The van der Waals surface area contributed by atoms with Crippen molar-refractivity contribution in [2.24, 2.45) is 7.05 Å². The predicted octanol–water partition coefficient (Wildman–Crippen LogP) is 3.59. The fraction of sp³-hybridized carbons (Fsp3) is 0.409. The highest BCUT2D eigenvalue weighted by Crippen LogP contribution is 2.23. The smallest absolute Gasteiger partial charge is 0.323 e. The molecule has 1 fully saturated rings. The number of aromatic nitrogens is 3. The van der Waals surface area contributed by atoms with Crippen LogP contribution in [0.5, 0.6) is 0 Å². The van der Waals surface area contributed by atoms with E-state index in [-0.39, 0.29) is 6.03 Å². The van der Waals surface area contributed by atoms with E-state index in [4.69, 9.17) is 4.42 Å². The summed E-state index contributed by atoms with van der Waals surface area (Å²) in [6.07, 6.45) is 7.42. The average Bonchev–Trinajstić information content (AvgIpc) is 3.50. The number of likely N-dealkylation sites (tertiary alicyclic amines) is 1. The molecule has 8 nitrogen and oxygen atoms in total. The van der Waals surface area contributed by atoms with Gasteiger partial charge in [0.15, 0.2) is 5.76 Å². The highest BCUT2D eigenvalue weighted by molar-refractivity contribution is 5.89. The molecule has 4 rings (SSSR count). The van der Waals surface area contributed by atoms with Gasteiger partial charge in [0.25, 0.3) is 0 Å². The Morgan fingerprint density at radius 3 is 2.90 bits per heavy atom. The number of urea groups is 1. The Labute approximate surface area is 176 Å². The second-order valence-electron chi connectivity index (χ2n) is 7.61. The third-order valence-corrected chi connectivity index (χ3v) is 5.63. The number of carbonyl (C=O) groups is 1. The first-order valence-electron chi connectivity index (χ1n) is 10.4. The van der Waals surface area contributed by atoms with Crippen molar-refractivity contribution in [1.82, 2.24) is 24.6 Å². The molecule has 3 aromatic heterocycles. The van der Waals surface area contributed by atoms with Gasteiger partial charge in [0, 0.05) is 44.6 Å². The van der Waals surface area contributed by atoms with Gasteiger partial charge in [-0.25, -0.2) is 4.79 Å². The van der Waals surface area contributed by atoms with E-state index in [1.54, 1.807) is 23.3 Å². The Bertz CT molecular complexity index is 953. The highest BCUT2D eigenvalue weighted by atomic mass is 16.3. The number of nitrogens with zero attached hydrogens (tertiary/aromatic N) is 5. The highest BCUT2D eigenvalue weighted by Gasteiger charge is 2.27. The van der Waals surface area contributed by atoms with Crippen LogP contribution in [0.15, 0.2) is 53.4 Å². The van der Waals surface area contributed by atoms with Crippen LogP contribution >= 0.6 is 0 Å². The van der Waals surface area contributed by atoms with Gasteiger partial charge in [-0.05, 0) is 55.8 Å². The molecule has 1 atom stereocenters. The van der Waals surface area contributed by atoms with Gasteiger partial charge in [-0.1, -0.05) is 6.92 Å². The van der Waals surface area contributed by atoms with Gasteiger partial charge in [-0.2, -0.15) is 5.10 Å². The van der Waals surface area contributed by atoms with Gasteiger partial charge in [0.1, 0.15) is 11.5 Å². The van der Waals surface area contributed by atoms with Crippen LogP contribution in [0.4, 0.5) is 10.6 Å². The fourth-order valence-corrected chi connectivity index (χ4v) is 4.02. The molecule has 0 bridgehead atoms.